The number of hydrogen-bond acceptors (Lipinski definition) is 7. The lowest BCUT2D eigenvalue weighted by molar-refractivity contribution is -0.134. The van der Waals surface area contributed by atoms with Crippen LogP contribution in [0.15, 0.2) is 0 Å². The Morgan fingerprint density at radius 1 is 0.483 bits per heavy atom. The average molecular weight is 869 g/mol. The summed E-state index contributed by atoms with van der Waals surface area (Å²) in [5, 5.41) is 5.92. The number of hydrogen-bond donors (Lipinski definition) is 2. The van der Waals surface area contributed by atoms with Gasteiger partial charge in [0.2, 0.25) is 23.6 Å². The number of ether oxygens (including phenoxy) is 2. The Balaban J connectivity index is 4.59. The van der Waals surface area contributed by atoms with Crippen molar-refractivity contribution < 1.29 is 28.7 Å². The van der Waals surface area contributed by atoms with Gasteiger partial charge in [0.15, 0.2) is 0 Å². The predicted molar refractivity (Wildman–Crippen MR) is 255 cm³/mol. The first-order valence-corrected chi connectivity index (χ1v) is 26.3. The van der Waals surface area contributed by atoms with Gasteiger partial charge < -0.3 is 29.9 Å². The molecule has 0 rings (SSSR count). The second-order valence-corrected chi connectivity index (χ2v) is 17.9. The molecule has 1 atom stereocenters. The normalized spacial score (nSPS) is 11.8. The van der Waals surface area contributed by atoms with Crippen molar-refractivity contribution in [3.05, 3.63) is 0 Å². The molecule has 2 N–H and O–H groups in total. The highest BCUT2D eigenvalue weighted by molar-refractivity contribution is 7.99. The van der Waals surface area contributed by atoms with Crippen molar-refractivity contribution in [1.82, 2.24) is 20.4 Å². The van der Waals surface area contributed by atoms with Crippen LogP contribution < -0.4 is 10.6 Å². The molecule has 0 saturated carbocycles. The quantitative estimate of drug-likeness (QED) is 0.0585. The fourth-order valence-electron chi connectivity index (χ4n) is 7.24. The molecule has 60 heavy (non-hydrogen) atoms. The fourth-order valence-corrected chi connectivity index (χ4v) is 8.13. The maximum absolute atomic E-state index is 12.9. The number of carbonyl (C=O) groups is 4. The predicted octanol–water partition coefficient (Wildman–Crippen LogP) is 11.0. The number of unbranched alkanes of at least 4 members (excludes halogenated alkanes) is 22. The van der Waals surface area contributed by atoms with E-state index >= 15 is 0 Å². The first kappa shape index (κ1) is 58.1. The van der Waals surface area contributed by atoms with Gasteiger partial charge in [-0.15, -0.1) is 0 Å². The molecule has 0 saturated heterocycles. The first-order valence-electron chi connectivity index (χ1n) is 25.2. The van der Waals surface area contributed by atoms with Gasteiger partial charge in [-0.1, -0.05) is 176 Å². The third-order valence-electron chi connectivity index (χ3n) is 11.3. The standard InChI is InChI=1S/C49H96N4O6S/c1-6-11-13-15-17-19-21-23-25-27-29-31-39-58-44-45(59-40-32-30-28-26-24-22-20-18-16-14-12-7-2)43-51-47(55)33-41-60-42-38-53(49(57)10-5)37-36-52(48(56)9-4)35-34-50-46(54)8-3/h45H,6-44H2,1-5H3,(H,50,54)(H,51,55). The summed E-state index contributed by atoms with van der Waals surface area (Å²) in [6, 6.07) is 0. The molecule has 0 aliphatic heterocycles. The van der Waals surface area contributed by atoms with E-state index in [0.29, 0.717) is 89.7 Å². The van der Waals surface area contributed by atoms with E-state index in [9.17, 15) is 19.2 Å². The lowest BCUT2D eigenvalue weighted by Crippen LogP contribution is -2.44. The van der Waals surface area contributed by atoms with Gasteiger partial charge in [0, 0.05) is 89.7 Å². The zero-order valence-electron chi connectivity index (χ0n) is 39.9. The van der Waals surface area contributed by atoms with Crippen LogP contribution in [0.3, 0.4) is 0 Å². The van der Waals surface area contributed by atoms with Gasteiger partial charge in [0.05, 0.1) is 12.7 Å². The summed E-state index contributed by atoms with van der Waals surface area (Å²) in [5.74, 6) is 1.40. The van der Waals surface area contributed by atoms with Crippen LogP contribution in [-0.4, -0.2) is 110 Å². The van der Waals surface area contributed by atoms with E-state index in [-0.39, 0.29) is 29.7 Å². The molecule has 11 heteroatoms. The average Bonchev–Trinajstić information content (AvgIpc) is 3.26. The third kappa shape index (κ3) is 37.9. The molecule has 0 aromatic carbocycles. The van der Waals surface area contributed by atoms with Crippen LogP contribution >= 0.6 is 11.8 Å². The summed E-state index contributed by atoms with van der Waals surface area (Å²) in [4.78, 5) is 53.3. The van der Waals surface area contributed by atoms with E-state index in [1.54, 1.807) is 23.6 Å². The molecule has 1 unspecified atom stereocenters. The van der Waals surface area contributed by atoms with Gasteiger partial charge >= 0.3 is 0 Å². The van der Waals surface area contributed by atoms with Gasteiger partial charge in [0.25, 0.3) is 0 Å². The molecule has 0 heterocycles. The minimum absolute atomic E-state index is 0.00722. The Morgan fingerprint density at radius 2 is 0.933 bits per heavy atom. The molecule has 4 amide bonds. The summed E-state index contributed by atoms with van der Waals surface area (Å²) in [6.07, 6.45) is 33.0. The maximum atomic E-state index is 12.9. The van der Waals surface area contributed by atoms with E-state index in [1.807, 2.05) is 18.7 Å². The topological polar surface area (TPSA) is 117 Å². The van der Waals surface area contributed by atoms with Crippen molar-refractivity contribution in [2.24, 2.45) is 0 Å². The Kier molecular flexibility index (Phi) is 43.8. The molecule has 0 bridgehead atoms. The molecular weight excluding hydrogens is 773 g/mol. The molecule has 10 nitrogen and oxygen atoms in total. The maximum Gasteiger partial charge on any atom is 0.222 e. The number of carbonyl (C=O) groups excluding carboxylic acids is 4. The monoisotopic (exact) mass is 869 g/mol. The number of nitrogens with one attached hydrogen (secondary N) is 2. The molecular formula is C49H96N4O6S. The Labute approximate surface area is 374 Å². The van der Waals surface area contributed by atoms with E-state index in [1.165, 1.54) is 141 Å². The summed E-state index contributed by atoms with van der Waals surface area (Å²) in [6.45, 7) is 14.7. The number of nitrogens with zero attached hydrogens (tertiary/aromatic N) is 2. The van der Waals surface area contributed by atoms with Gasteiger partial charge in [0.1, 0.15) is 0 Å². The highest BCUT2D eigenvalue weighted by Crippen LogP contribution is 2.14. The summed E-state index contributed by atoms with van der Waals surface area (Å²) in [7, 11) is 0. The fraction of sp³-hybridized carbons (Fsp3) is 0.918. The second-order valence-electron chi connectivity index (χ2n) is 16.7. The Bertz CT molecular complexity index is 1000. The third-order valence-corrected chi connectivity index (χ3v) is 12.2. The smallest absolute Gasteiger partial charge is 0.222 e. The van der Waals surface area contributed by atoms with Crippen molar-refractivity contribution in [2.75, 3.05) is 70.6 Å². The van der Waals surface area contributed by atoms with Crippen LogP contribution in [-0.2, 0) is 28.7 Å². The highest BCUT2D eigenvalue weighted by Gasteiger charge is 2.17. The van der Waals surface area contributed by atoms with Gasteiger partial charge in [-0.3, -0.25) is 19.2 Å². The molecule has 0 aliphatic carbocycles. The van der Waals surface area contributed by atoms with Crippen molar-refractivity contribution in [1.29, 1.82) is 0 Å². The van der Waals surface area contributed by atoms with Crippen LogP contribution in [0.4, 0.5) is 0 Å². The molecule has 0 aromatic rings. The van der Waals surface area contributed by atoms with E-state index < -0.39 is 0 Å². The minimum atomic E-state index is -0.151. The highest BCUT2D eigenvalue weighted by atomic mass is 32.2. The Hall–Kier alpha value is -1.85. The lowest BCUT2D eigenvalue weighted by atomic mass is 10.1. The van der Waals surface area contributed by atoms with Gasteiger partial charge in [-0.05, 0) is 12.8 Å². The zero-order valence-corrected chi connectivity index (χ0v) is 40.7. The number of thioether (sulfide) groups is 1. The van der Waals surface area contributed by atoms with Crippen molar-refractivity contribution >= 4 is 35.4 Å². The number of amides is 4. The number of rotatable bonds is 46. The largest absolute Gasteiger partial charge is 0.379 e. The van der Waals surface area contributed by atoms with E-state index in [4.69, 9.17) is 9.47 Å². The second kappa shape index (κ2) is 45.2. The minimum Gasteiger partial charge on any atom is -0.379 e. The summed E-state index contributed by atoms with van der Waals surface area (Å²) in [5.41, 5.74) is 0. The summed E-state index contributed by atoms with van der Waals surface area (Å²) >= 11 is 1.66. The molecule has 0 fully saturated rings. The van der Waals surface area contributed by atoms with Crippen LogP contribution in [0, 0.1) is 0 Å². The van der Waals surface area contributed by atoms with Crippen molar-refractivity contribution in [2.45, 2.75) is 221 Å². The Morgan fingerprint density at radius 3 is 1.40 bits per heavy atom. The zero-order chi connectivity index (χ0) is 44.2. The first-order chi connectivity index (χ1) is 29.3. The molecule has 0 aliphatic rings. The van der Waals surface area contributed by atoms with Gasteiger partial charge in [-0.2, -0.15) is 11.8 Å². The summed E-state index contributed by atoms with van der Waals surface area (Å²) < 4.78 is 12.4. The SMILES string of the molecule is CCCCCCCCCCCCCCOCC(CNC(=O)CCSCCN(CCN(CCNC(=O)CC)C(=O)CC)C(=O)CC)OCCCCCCCCCCCCCC. The van der Waals surface area contributed by atoms with Crippen molar-refractivity contribution in [3.63, 3.8) is 0 Å². The molecule has 0 aromatic heterocycles. The van der Waals surface area contributed by atoms with E-state index in [2.05, 4.69) is 24.5 Å². The molecule has 354 valence electrons. The molecule has 0 radical (unpaired) electrons. The van der Waals surface area contributed by atoms with E-state index in [0.717, 1.165) is 19.4 Å². The van der Waals surface area contributed by atoms with Crippen LogP contribution in [0.2, 0.25) is 0 Å². The van der Waals surface area contributed by atoms with Crippen LogP contribution in [0.5, 0.6) is 0 Å². The van der Waals surface area contributed by atoms with Crippen molar-refractivity contribution in [3.8, 4) is 0 Å². The molecule has 0 spiro atoms. The van der Waals surface area contributed by atoms with Crippen LogP contribution in [0.25, 0.3) is 0 Å². The lowest BCUT2D eigenvalue weighted by Gasteiger charge is -2.28. The van der Waals surface area contributed by atoms with Crippen LogP contribution in [0.1, 0.15) is 214 Å². The van der Waals surface area contributed by atoms with Gasteiger partial charge in [-0.25, -0.2) is 0 Å².